The summed E-state index contributed by atoms with van der Waals surface area (Å²) in [6.07, 6.45) is 37.2. The van der Waals surface area contributed by atoms with Crippen LogP contribution in [0.3, 0.4) is 0 Å². The van der Waals surface area contributed by atoms with Crippen molar-refractivity contribution in [2.24, 2.45) is 17.3 Å². The molecule has 0 saturated heterocycles. The Balaban J connectivity index is 1.07. The first-order valence-electron chi connectivity index (χ1n) is 19.5. The number of rotatable bonds is 12. The third-order valence-electron chi connectivity index (χ3n) is 11.8. The second-order valence-corrected chi connectivity index (χ2v) is 17.0. The minimum atomic E-state index is 0.311. The molecule has 1 fully saturated rings. The molecule has 3 heteroatoms. The molecule has 3 aliphatic carbocycles. The van der Waals surface area contributed by atoms with Crippen LogP contribution in [-0.4, -0.2) is 21.4 Å². The molecule has 1 aromatic carbocycles. The molecule has 0 radical (unpaired) electrons. The molecule has 0 amide bonds. The number of thiophene rings is 1. The zero-order valence-electron chi connectivity index (χ0n) is 32.1. The van der Waals surface area contributed by atoms with Gasteiger partial charge in [0.15, 0.2) is 0 Å². The molecule has 7 rings (SSSR count). The first-order valence-corrected chi connectivity index (χ1v) is 20.3. The van der Waals surface area contributed by atoms with E-state index in [9.17, 15) is 0 Å². The summed E-state index contributed by atoms with van der Waals surface area (Å²) in [5, 5.41) is 1.34. The van der Waals surface area contributed by atoms with E-state index in [2.05, 4.69) is 185 Å². The second-order valence-electron chi connectivity index (χ2n) is 15.9. The van der Waals surface area contributed by atoms with Gasteiger partial charge >= 0.3 is 0 Å². The predicted molar refractivity (Wildman–Crippen MR) is 227 cm³/mol. The Labute approximate surface area is 316 Å². The summed E-state index contributed by atoms with van der Waals surface area (Å²) in [4.78, 5) is 4.10. The molecule has 2 nitrogen and oxygen atoms in total. The highest BCUT2D eigenvalue weighted by molar-refractivity contribution is 7.20. The van der Waals surface area contributed by atoms with Crippen molar-refractivity contribution in [1.82, 2.24) is 9.30 Å². The van der Waals surface area contributed by atoms with E-state index in [-0.39, 0.29) is 0 Å². The molecule has 0 aliphatic heterocycles. The van der Waals surface area contributed by atoms with Gasteiger partial charge in [0.25, 0.3) is 0 Å². The van der Waals surface area contributed by atoms with Crippen molar-refractivity contribution in [2.75, 3.05) is 0 Å². The zero-order valence-corrected chi connectivity index (χ0v) is 32.9. The molecule has 4 atom stereocenters. The Morgan fingerprint density at radius 1 is 1.02 bits per heavy atom. The summed E-state index contributed by atoms with van der Waals surface area (Å²) in [5.41, 5.74) is 10.1. The maximum Gasteiger partial charge on any atom is 0.0511 e. The van der Waals surface area contributed by atoms with Crippen LogP contribution >= 0.6 is 11.3 Å². The average Bonchev–Trinajstić information content (AvgIpc) is 3.86. The van der Waals surface area contributed by atoms with Crippen LogP contribution in [0.1, 0.15) is 84.1 Å². The van der Waals surface area contributed by atoms with Crippen LogP contribution in [0.15, 0.2) is 156 Å². The van der Waals surface area contributed by atoms with E-state index in [0.29, 0.717) is 29.3 Å². The number of benzene rings is 1. The molecule has 0 N–H and O–H groups in total. The summed E-state index contributed by atoms with van der Waals surface area (Å²) in [6.45, 7) is 14.1. The quantitative estimate of drug-likeness (QED) is 0.133. The lowest BCUT2D eigenvalue weighted by atomic mass is 9.77. The first kappa shape index (κ1) is 36.0. The standard InChI is InChI=1S/C49H56N2S/c1-7-42(18-14-15-38-31-44-17-12-13-30-50(44)34-38)51(43-28-26-39(27-29-43)48-32-40-16-8-11-21-47(40)52-48)37(4)24-22-35(2)36(3)23-25-41-33-49(5,6)46-20-10-9-19-45(41)46/h7-13,16-17,19-23,25-28,30-32,34,37,43,45-46H,14-15,18,24,29,33H2,1-6H3/b35-22+,36-23+,41-25+,42-7+/t37-,43?,45?,46?/m0/s1. The number of aromatic nitrogens is 1. The molecule has 0 bridgehead atoms. The molecule has 268 valence electrons. The van der Waals surface area contributed by atoms with Crippen LogP contribution < -0.4 is 0 Å². The highest BCUT2D eigenvalue weighted by Crippen LogP contribution is 2.52. The van der Waals surface area contributed by atoms with Gasteiger partial charge in [-0.25, -0.2) is 0 Å². The summed E-state index contributed by atoms with van der Waals surface area (Å²) >= 11 is 1.90. The molecule has 0 spiro atoms. The van der Waals surface area contributed by atoms with Gasteiger partial charge in [0.05, 0.1) is 6.04 Å². The molecule has 52 heavy (non-hydrogen) atoms. The van der Waals surface area contributed by atoms with Crippen molar-refractivity contribution in [3.8, 4) is 0 Å². The Kier molecular flexibility index (Phi) is 10.9. The second kappa shape index (κ2) is 15.7. The number of hydrogen-bond acceptors (Lipinski definition) is 2. The Morgan fingerprint density at radius 3 is 2.63 bits per heavy atom. The van der Waals surface area contributed by atoms with Gasteiger partial charge in [-0.05, 0) is 130 Å². The molecule has 4 aromatic rings. The minimum absolute atomic E-state index is 0.311. The molecule has 3 unspecified atom stereocenters. The van der Waals surface area contributed by atoms with E-state index >= 15 is 0 Å². The van der Waals surface area contributed by atoms with Crippen molar-refractivity contribution in [1.29, 1.82) is 0 Å². The number of nitrogens with zero attached hydrogens (tertiary/aromatic N) is 2. The number of fused-ring (bicyclic) bond motifs is 3. The van der Waals surface area contributed by atoms with Gasteiger partial charge in [0, 0.05) is 45.1 Å². The Bertz CT molecular complexity index is 2080. The number of allylic oxidation sites excluding steroid dienone is 13. The lowest BCUT2D eigenvalue weighted by Crippen LogP contribution is -2.40. The van der Waals surface area contributed by atoms with Gasteiger partial charge in [0.2, 0.25) is 0 Å². The van der Waals surface area contributed by atoms with Gasteiger partial charge in [0.1, 0.15) is 0 Å². The first-order chi connectivity index (χ1) is 25.2. The van der Waals surface area contributed by atoms with Crippen molar-refractivity contribution in [3.63, 3.8) is 0 Å². The van der Waals surface area contributed by atoms with Crippen molar-refractivity contribution in [2.45, 2.75) is 92.2 Å². The highest BCUT2D eigenvalue weighted by Gasteiger charge is 2.42. The summed E-state index contributed by atoms with van der Waals surface area (Å²) in [7, 11) is 0. The van der Waals surface area contributed by atoms with Gasteiger partial charge in [-0.3, -0.25) is 0 Å². The minimum Gasteiger partial charge on any atom is -0.365 e. The van der Waals surface area contributed by atoms with E-state index in [1.807, 2.05) is 11.3 Å². The average molecular weight is 705 g/mol. The summed E-state index contributed by atoms with van der Waals surface area (Å²) < 4.78 is 3.60. The Hall–Kier alpha value is -4.34. The Morgan fingerprint density at radius 2 is 1.85 bits per heavy atom. The lowest BCUT2D eigenvalue weighted by molar-refractivity contribution is 0.216. The smallest absolute Gasteiger partial charge is 0.0511 e. The van der Waals surface area contributed by atoms with Crippen LogP contribution in [0.2, 0.25) is 0 Å². The van der Waals surface area contributed by atoms with Gasteiger partial charge in [-0.15, -0.1) is 11.3 Å². The van der Waals surface area contributed by atoms with Crippen molar-refractivity contribution < 1.29 is 0 Å². The summed E-state index contributed by atoms with van der Waals surface area (Å²) in [5.74, 6) is 1.14. The predicted octanol–water partition coefficient (Wildman–Crippen LogP) is 13.5. The molecule has 1 saturated carbocycles. The molecular formula is C49H56N2S. The van der Waals surface area contributed by atoms with E-state index < -0.39 is 0 Å². The molecule has 3 heterocycles. The lowest BCUT2D eigenvalue weighted by Gasteiger charge is -2.40. The maximum atomic E-state index is 2.74. The van der Waals surface area contributed by atoms with Crippen LogP contribution in [0.4, 0.5) is 0 Å². The third kappa shape index (κ3) is 7.86. The maximum absolute atomic E-state index is 2.74. The molecule has 3 aliphatic rings. The van der Waals surface area contributed by atoms with Gasteiger partial charge in [-0.1, -0.05) is 116 Å². The largest absolute Gasteiger partial charge is 0.365 e. The fourth-order valence-corrected chi connectivity index (χ4v) is 9.80. The normalized spacial score (nSPS) is 23.1. The monoisotopic (exact) mass is 704 g/mol. The fourth-order valence-electron chi connectivity index (χ4n) is 8.72. The fraction of sp³-hybridized carbons (Fsp3) is 0.347. The molecule has 3 aromatic heterocycles. The van der Waals surface area contributed by atoms with Gasteiger partial charge in [-0.2, -0.15) is 0 Å². The zero-order chi connectivity index (χ0) is 36.2. The van der Waals surface area contributed by atoms with Gasteiger partial charge < -0.3 is 9.30 Å². The topological polar surface area (TPSA) is 7.65 Å². The SMILES string of the molecule is C/C=C(\CCCc1cc2ccccn2c1)N(C1C=CC(c2cc3ccccc3s2)=CC1)[C@@H](C)C/C=C(C)/C(C)=C/C=C1\CC(C)(C)C2C=CC=CC12. The van der Waals surface area contributed by atoms with E-state index in [0.717, 1.165) is 38.5 Å². The van der Waals surface area contributed by atoms with Crippen LogP contribution in [-0.2, 0) is 6.42 Å². The number of aryl methyl sites for hydroxylation is 1. The third-order valence-corrected chi connectivity index (χ3v) is 13.0. The van der Waals surface area contributed by atoms with Crippen LogP contribution in [0, 0.1) is 17.3 Å². The molecular weight excluding hydrogens is 649 g/mol. The van der Waals surface area contributed by atoms with E-state index in [4.69, 9.17) is 0 Å². The van der Waals surface area contributed by atoms with E-state index in [1.54, 1.807) is 5.57 Å². The number of hydrogen-bond donors (Lipinski definition) is 0. The highest BCUT2D eigenvalue weighted by atomic mass is 32.1. The van der Waals surface area contributed by atoms with E-state index in [1.165, 1.54) is 48.5 Å². The van der Waals surface area contributed by atoms with Crippen molar-refractivity contribution >= 4 is 32.5 Å². The number of pyridine rings is 1. The van der Waals surface area contributed by atoms with Crippen LogP contribution in [0.5, 0.6) is 0 Å². The van der Waals surface area contributed by atoms with Crippen molar-refractivity contribution in [3.05, 3.63) is 167 Å². The summed E-state index contributed by atoms with van der Waals surface area (Å²) in [6, 6.07) is 20.6. The van der Waals surface area contributed by atoms with Crippen LogP contribution in [0.25, 0.3) is 21.2 Å².